The highest BCUT2D eigenvalue weighted by Crippen LogP contribution is 2.35. The largest absolute Gasteiger partial charge is 0.472 e. The maximum absolute atomic E-state index is 5.59. The van der Waals surface area contributed by atoms with Gasteiger partial charge in [0.25, 0.3) is 0 Å². The van der Waals surface area contributed by atoms with Crippen LogP contribution in [0.1, 0.15) is 0 Å². The van der Waals surface area contributed by atoms with E-state index in [9.17, 15) is 0 Å². The third-order valence-corrected chi connectivity index (χ3v) is 4.54. The van der Waals surface area contributed by atoms with Gasteiger partial charge in [-0.2, -0.15) is 0 Å². The molecular formula is C9H5BrIN3O. The van der Waals surface area contributed by atoms with E-state index >= 15 is 0 Å². The molecule has 0 radical (unpaired) electrons. The highest BCUT2D eigenvalue weighted by atomic mass is 127. The second kappa shape index (κ2) is 3.44. The van der Waals surface area contributed by atoms with Crippen LogP contribution >= 0.6 is 38.5 Å². The number of pyridine rings is 1. The number of nitrogens with zero attached hydrogens (tertiary/aromatic N) is 3. The summed E-state index contributed by atoms with van der Waals surface area (Å²) in [6.07, 6.45) is 3.49. The first-order valence-corrected chi connectivity index (χ1v) is 6.13. The summed E-state index contributed by atoms with van der Waals surface area (Å²) in [6, 6.07) is 1.86. The number of aromatic nitrogens is 3. The Labute approximate surface area is 108 Å². The van der Waals surface area contributed by atoms with Crippen LogP contribution in [0, 0.1) is 3.70 Å². The van der Waals surface area contributed by atoms with Crippen LogP contribution in [0.2, 0.25) is 0 Å². The zero-order chi connectivity index (χ0) is 10.4. The fourth-order valence-corrected chi connectivity index (χ4v) is 2.42. The van der Waals surface area contributed by atoms with Crippen molar-refractivity contribution in [2.45, 2.75) is 6.73 Å². The molecule has 0 atom stereocenters. The number of rotatable bonds is 0. The van der Waals surface area contributed by atoms with Gasteiger partial charge in [-0.1, -0.05) is 0 Å². The van der Waals surface area contributed by atoms with Gasteiger partial charge in [-0.25, -0.2) is 4.98 Å². The molecule has 15 heavy (non-hydrogen) atoms. The van der Waals surface area contributed by atoms with Gasteiger partial charge in [0.2, 0.25) is 0 Å². The Hall–Kier alpha value is -0.630. The SMILES string of the molecule is Brc1c(I)nc2n1COc1ccncc1-2. The predicted octanol–water partition coefficient (Wildman–Crippen LogP) is 2.66. The van der Waals surface area contributed by atoms with Gasteiger partial charge in [0, 0.05) is 12.4 Å². The zero-order valence-corrected chi connectivity index (χ0v) is 11.2. The minimum Gasteiger partial charge on any atom is -0.472 e. The molecule has 4 nitrogen and oxygen atoms in total. The van der Waals surface area contributed by atoms with Crippen molar-refractivity contribution in [2.75, 3.05) is 0 Å². The Bertz CT molecular complexity index is 540. The average molecular weight is 378 g/mol. The molecule has 0 aliphatic carbocycles. The molecule has 0 unspecified atom stereocenters. The van der Waals surface area contributed by atoms with E-state index in [0.29, 0.717) is 6.73 Å². The van der Waals surface area contributed by atoms with Crippen LogP contribution in [-0.2, 0) is 6.73 Å². The molecule has 0 bridgehead atoms. The number of halogens is 2. The van der Waals surface area contributed by atoms with E-state index in [4.69, 9.17) is 4.74 Å². The molecule has 0 spiro atoms. The summed E-state index contributed by atoms with van der Waals surface area (Å²) in [6.45, 7) is 0.489. The molecule has 3 rings (SSSR count). The fraction of sp³-hybridized carbons (Fsp3) is 0.111. The van der Waals surface area contributed by atoms with Crippen molar-refractivity contribution in [1.82, 2.24) is 14.5 Å². The van der Waals surface area contributed by atoms with Gasteiger partial charge in [0.1, 0.15) is 19.9 Å². The molecule has 0 N–H and O–H groups in total. The first kappa shape index (κ1) is 9.59. The molecule has 0 saturated carbocycles. The summed E-state index contributed by atoms with van der Waals surface area (Å²) in [5.74, 6) is 1.74. The van der Waals surface area contributed by atoms with E-state index in [2.05, 4.69) is 48.5 Å². The lowest BCUT2D eigenvalue weighted by Crippen LogP contribution is -2.13. The quantitative estimate of drug-likeness (QED) is 0.662. The molecule has 0 aromatic carbocycles. The molecule has 0 amide bonds. The van der Waals surface area contributed by atoms with E-state index in [1.807, 2.05) is 10.6 Å². The molecule has 3 heterocycles. The van der Waals surface area contributed by atoms with Crippen LogP contribution in [0.25, 0.3) is 11.4 Å². The molecule has 2 aromatic rings. The molecule has 0 saturated heterocycles. The van der Waals surface area contributed by atoms with Crippen molar-refractivity contribution in [2.24, 2.45) is 0 Å². The summed E-state index contributed by atoms with van der Waals surface area (Å²) >= 11 is 5.67. The zero-order valence-electron chi connectivity index (χ0n) is 7.44. The van der Waals surface area contributed by atoms with Crippen molar-refractivity contribution >= 4 is 38.5 Å². The summed E-state index contributed by atoms with van der Waals surface area (Å²) in [5, 5.41) is 0. The van der Waals surface area contributed by atoms with Gasteiger partial charge >= 0.3 is 0 Å². The Kier molecular flexibility index (Phi) is 2.20. The maximum Gasteiger partial charge on any atom is 0.167 e. The number of hydrogen-bond acceptors (Lipinski definition) is 3. The average Bonchev–Trinajstić information content (AvgIpc) is 2.56. The van der Waals surface area contributed by atoms with E-state index in [0.717, 1.165) is 25.4 Å². The Morgan fingerprint density at radius 3 is 3.27 bits per heavy atom. The van der Waals surface area contributed by atoms with Crippen molar-refractivity contribution in [3.8, 4) is 17.1 Å². The highest BCUT2D eigenvalue weighted by Gasteiger charge is 2.22. The van der Waals surface area contributed by atoms with Crippen molar-refractivity contribution in [3.05, 3.63) is 26.8 Å². The first-order valence-electron chi connectivity index (χ1n) is 4.26. The number of ether oxygens (including phenoxy) is 1. The summed E-state index contributed by atoms with van der Waals surface area (Å²) in [4.78, 5) is 8.56. The lowest BCUT2D eigenvalue weighted by Gasteiger charge is -2.18. The van der Waals surface area contributed by atoms with Gasteiger partial charge in [-0.15, -0.1) is 0 Å². The Morgan fingerprint density at radius 1 is 1.53 bits per heavy atom. The topological polar surface area (TPSA) is 39.9 Å². The second-order valence-corrected chi connectivity index (χ2v) is 4.86. The monoisotopic (exact) mass is 377 g/mol. The third-order valence-electron chi connectivity index (χ3n) is 2.24. The molecule has 76 valence electrons. The summed E-state index contributed by atoms with van der Waals surface area (Å²) < 4.78 is 9.46. The molecule has 0 fully saturated rings. The lowest BCUT2D eigenvalue weighted by molar-refractivity contribution is 0.227. The van der Waals surface area contributed by atoms with Gasteiger partial charge < -0.3 is 4.74 Å². The predicted molar refractivity (Wildman–Crippen MR) is 66.5 cm³/mol. The number of fused-ring (bicyclic) bond motifs is 3. The minimum absolute atomic E-state index is 0.489. The van der Waals surface area contributed by atoms with Crippen LogP contribution in [-0.4, -0.2) is 14.5 Å². The first-order chi connectivity index (χ1) is 7.27. The molecule has 1 aliphatic rings. The van der Waals surface area contributed by atoms with Crippen LogP contribution in [0.4, 0.5) is 0 Å². The van der Waals surface area contributed by atoms with Crippen LogP contribution in [0.3, 0.4) is 0 Å². The van der Waals surface area contributed by atoms with Gasteiger partial charge in [0.05, 0.1) is 5.56 Å². The standard InChI is InChI=1S/C9H5BrIN3O/c10-7-8(11)13-9-5-3-12-2-1-6(5)15-4-14(7)9/h1-3H,4H2. The number of hydrogen-bond donors (Lipinski definition) is 0. The molecule has 2 aromatic heterocycles. The Morgan fingerprint density at radius 2 is 2.40 bits per heavy atom. The fourth-order valence-electron chi connectivity index (χ4n) is 1.54. The van der Waals surface area contributed by atoms with Gasteiger partial charge in [-0.05, 0) is 44.6 Å². The second-order valence-electron chi connectivity index (χ2n) is 3.09. The minimum atomic E-state index is 0.489. The van der Waals surface area contributed by atoms with Crippen molar-refractivity contribution in [1.29, 1.82) is 0 Å². The van der Waals surface area contributed by atoms with Gasteiger partial charge in [0.15, 0.2) is 6.73 Å². The normalized spacial score (nSPS) is 12.9. The molecule has 6 heteroatoms. The van der Waals surface area contributed by atoms with E-state index in [1.54, 1.807) is 12.4 Å². The Balaban J connectivity index is 2.30. The molecular weight excluding hydrogens is 373 g/mol. The van der Waals surface area contributed by atoms with Crippen LogP contribution in [0.5, 0.6) is 5.75 Å². The third kappa shape index (κ3) is 1.38. The smallest absolute Gasteiger partial charge is 0.167 e. The van der Waals surface area contributed by atoms with Crippen molar-refractivity contribution < 1.29 is 4.74 Å². The summed E-state index contributed by atoms with van der Waals surface area (Å²) in [7, 11) is 0. The van der Waals surface area contributed by atoms with E-state index in [1.165, 1.54) is 0 Å². The van der Waals surface area contributed by atoms with Gasteiger partial charge in [-0.3, -0.25) is 9.55 Å². The van der Waals surface area contributed by atoms with E-state index in [-0.39, 0.29) is 0 Å². The summed E-state index contributed by atoms with van der Waals surface area (Å²) in [5.41, 5.74) is 0.937. The van der Waals surface area contributed by atoms with Crippen molar-refractivity contribution in [3.63, 3.8) is 0 Å². The lowest BCUT2D eigenvalue weighted by atomic mass is 10.2. The van der Waals surface area contributed by atoms with E-state index < -0.39 is 0 Å². The maximum atomic E-state index is 5.59. The molecule has 1 aliphatic heterocycles. The number of imidazole rings is 1. The van der Waals surface area contributed by atoms with Crippen LogP contribution < -0.4 is 4.74 Å². The van der Waals surface area contributed by atoms with Crippen LogP contribution in [0.15, 0.2) is 23.1 Å². The highest BCUT2D eigenvalue weighted by molar-refractivity contribution is 14.1.